The first-order valence-corrected chi connectivity index (χ1v) is 5.84. The normalized spacial score (nSPS) is 12.6. The maximum Gasteiger partial charge on any atom is 1.00 e. The molecule has 0 aromatic heterocycles. The summed E-state index contributed by atoms with van der Waals surface area (Å²) in [5.41, 5.74) is -1.66. The van der Waals surface area contributed by atoms with Crippen LogP contribution in [0.15, 0.2) is 0 Å². The molecular weight excluding hydrogens is 247 g/mol. The summed E-state index contributed by atoms with van der Waals surface area (Å²) in [5.74, 6) is -2.84. The van der Waals surface area contributed by atoms with E-state index in [0.717, 1.165) is 25.7 Å². The Morgan fingerprint density at radius 2 is 1.65 bits per heavy atom. The summed E-state index contributed by atoms with van der Waals surface area (Å²) in [5, 5.41) is 18.0. The molecule has 0 spiro atoms. The second kappa shape index (κ2) is 9.50. The summed E-state index contributed by atoms with van der Waals surface area (Å²) < 4.78 is 0. The van der Waals surface area contributed by atoms with Gasteiger partial charge in [-0.2, -0.15) is 0 Å². The van der Waals surface area contributed by atoms with Gasteiger partial charge in [0.15, 0.2) is 5.41 Å². The first kappa shape index (κ1) is 19.9. The molecule has 4 nitrogen and oxygen atoms in total. The first-order valence-electron chi connectivity index (χ1n) is 5.84. The van der Waals surface area contributed by atoms with Crippen LogP contribution >= 0.6 is 0 Å². The Bertz CT molecular complexity index is 244. The summed E-state index contributed by atoms with van der Waals surface area (Å²) in [4.78, 5) is 22.0. The van der Waals surface area contributed by atoms with Crippen molar-refractivity contribution in [3.8, 4) is 0 Å². The van der Waals surface area contributed by atoms with E-state index < -0.39 is 17.4 Å². The molecule has 0 aromatic rings. The fourth-order valence-corrected chi connectivity index (χ4v) is 1.68. The molecule has 0 aliphatic heterocycles. The van der Waals surface area contributed by atoms with Gasteiger partial charge in [0.25, 0.3) is 0 Å². The van der Waals surface area contributed by atoms with E-state index >= 15 is 0 Å². The molecule has 1 atom stereocenters. The average molecular weight is 270 g/mol. The molecule has 0 saturated heterocycles. The minimum Gasteiger partial charge on any atom is -1.00 e. The molecule has 17 heavy (non-hydrogen) atoms. The smallest absolute Gasteiger partial charge is 1.00 e. The minimum atomic E-state index is -1.66. The molecule has 0 aliphatic rings. The summed E-state index contributed by atoms with van der Waals surface area (Å²) in [6, 6.07) is 0. The zero-order valence-corrected chi connectivity index (χ0v) is 14.4. The molecule has 0 aromatic carbocycles. The van der Waals surface area contributed by atoms with Crippen LogP contribution in [0.1, 0.15) is 54.3 Å². The number of hydrogen-bond acceptors (Lipinski definition) is 2. The van der Waals surface area contributed by atoms with Crippen molar-refractivity contribution >= 4 is 11.9 Å². The van der Waals surface area contributed by atoms with Gasteiger partial charge in [0, 0.05) is 0 Å². The molecular formula is C12H23KO4. The van der Waals surface area contributed by atoms with Gasteiger partial charge in [0.2, 0.25) is 0 Å². The van der Waals surface area contributed by atoms with Gasteiger partial charge in [-0.05, 0) is 19.3 Å². The van der Waals surface area contributed by atoms with Crippen molar-refractivity contribution in [2.75, 3.05) is 0 Å². The van der Waals surface area contributed by atoms with Crippen molar-refractivity contribution in [3.63, 3.8) is 0 Å². The van der Waals surface area contributed by atoms with Crippen LogP contribution in [-0.2, 0) is 9.59 Å². The topological polar surface area (TPSA) is 74.6 Å². The quantitative estimate of drug-likeness (QED) is 0.366. The average Bonchev–Trinajstić information content (AvgIpc) is 2.22. The second-order valence-corrected chi connectivity index (χ2v) is 4.56. The maximum atomic E-state index is 11.0. The standard InChI is InChI=1S/C12H22O4.K.H/c1-4-5-6-7-8-9(2)12(3,10(13)14)11(15)16;;/h9H,4-8H2,1-3H3,(H,13,14)(H,15,16);;/q;+1;-1. The van der Waals surface area contributed by atoms with E-state index in [1.165, 1.54) is 6.92 Å². The molecule has 0 aliphatic carbocycles. The van der Waals surface area contributed by atoms with Crippen molar-refractivity contribution in [1.29, 1.82) is 0 Å². The van der Waals surface area contributed by atoms with Crippen LogP contribution in [0.2, 0.25) is 0 Å². The zero-order valence-electron chi connectivity index (χ0n) is 12.3. The van der Waals surface area contributed by atoms with Crippen molar-refractivity contribution in [2.24, 2.45) is 11.3 Å². The number of aliphatic carboxylic acids is 2. The third kappa shape index (κ3) is 5.83. The van der Waals surface area contributed by atoms with Gasteiger partial charge in [-0.15, -0.1) is 0 Å². The molecule has 0 radical (unpaired) electrons. The molecule has 0 saturated carbocycles. The third-order valence-electron chi connectivity index (χ3n) is 3.36. The van der Waals surface area contributed by atoms with E-state index in [1.54, 1.807) is 6.92 Å². The van der Waals surface area contributed by atoms with Crippen molar-refractivity contribution in [1.82, 2.24) is 0 Å². The van der Waals surface area contributed by atoms with Crippen LogP contribution in [-0.4, -0.2) is 22.2 Å². The number of carboxylic acids is 2. The Balaban J connectivity index is -0.00000112. The second-order valence-electron chi connectivity index (χ2n) is 4.56. The van der Waals surface area contributed by atoms with Crippen LogP contribution in [0, 0.1) is 11.3 Å². The first-order chi connectivity index (χ1) is 7.37. The summed E-state index contributed by atoms with van der Waals surface area (Å²) in [6.45, 7) is 5.10. The van der Waals surface area contributed by atoms with E-state index in [0.29, 0.717) is 6.42 Å². The van der Waals surface area contributed by atoms with Gasteiger partial charge in [-0.3, -0.25) is 9.59 Å². The third-order valence-corrected chi connectivity index (χ3v) is 3.36. The zero-order chi connectivity index (χ0) is 12.8. The van der Waals surface area contributed by atoms with Gasteiger partial charge >= 0.3 is 63.3 Å². The van der Waals surface area contributed by atoms with Crippen LogP contribution in [0.25, 0.3) is 0 Å². The van der Waals surface area contributed by atoms with Crippen LogP contribution in [0.3, 0.4) is 0 Å². The number of hydrogen-bond donors (Lipinski definition) is 2. The summed E-state index contributed by atoms with van der Waals surface area (Å²) in [7, 11) is 0. The van der Waals surface area contributed by atoms with Gasteiger partial charge in [0.05, 0.1) is 0 Å². The predicted octanol–water partition coefficient (Wildman–Crippen LogP) is -0.115. The number of rotatable bonds is 8. The van der Waals surface area contributed by atoms with Gasteiger partial charge in [-0.25, -0.2) is 0 Å². The Morgan fingerprint density at radius 3 is 2.00 bits per heavy atom. The van der Waals surface area contributed by atoms with E-state index in [2.05, 4.69) is 6.92 Å². The molecule has 5 heteroatoms. The SMILES string of the molecule is CCCCCCC(C)C(C)(C(=O)O)C(=O)O.[H-].[K+]. The number of carbonyl (C=O) groups is 2. The number of carboxylic acid groups (broad SMARTS) is 2. The van der Waals surface area contributed by atoms with Crippen LogP contribution < -0.4 is 51.4 Å². The van der Waals surface area contributed by atoms with E-state index in [9.17, 15) is 9.59 Å². The van der Waals surface area contributed by atoms with Crippen molar-refractivity contribution in [3.05, 3.63) is 0 Å². The molecule has 0 bridgehead atoms. The van der Waals surface area contributed by atoms with E-state index in [4.69, 9.17) is 10.2 Å². The van der Waals surface area contributed by atoms with E-state index in [-0.39, 0.29) is 58.7 Å². The summed E-state index contributed by atoms with van der Waals surface area (Å²) >= 11 is 0. The molecule has 2 N–H and O–H groups in total. The Kier molecular flexibility index (Phi) is 11.1. The fraction of sp³-hybridized carbons (Fsp3) is 0.833. The molecule has 0 rings (SSSR count). The number of unbranched alkanes of at least 4 members (excludes halogenated alkanes) is 3. The van der Waals surface area contributed by atoms with Crippen LogP contribution in [0.5, 0.6) is 0 Å². The summed E-state index contributed by atoms with van der Waals surface area (Å²) in [6.07, 6.45) is 4.81. The van der Waals surface area contributed by atoms with Gasteiger partial charge in [0.1, 0.15) is 0 Å². The monoisotopic (exact) mass is 270 g/mol. The molecule has 0 amide bonds. The molecule has 1 unspecified atom stereocenters. The molecule has 0 heterocycles. The molecule has 0 fully saturated rings. The Hall–Kier alpha value is 0.576. The van der Waals surface area contributed by atoms with Crippen molar-refractivity contribution < 1.29 is 72.6 Å². The fourth-order valence-electron chi connectivity index (χ4n) is 1.68. The Morgan fingerprint density at radius 1 is 1.18 bits per heavy atom. The van der Waals surface area contributed by atoms with Crippen molar-refractivity contribution in [2.45, 2.75) is 52.9 Å². The minimum absolute atomic E-state index is 0. The van der Waals surface area contributed by atoms with E-state index in [1.807, 2.05) is 0 Å². The largest absolute Gasteiger partial charge is 1.00 e. The van der Waals surface area contributed by atoms with Crippen LogP contribution in [0.4, 0.5) is 0 Å². The van der Waals surface area contributed by atoms with Gasteiger partial charge in [-0.1, -0.05) is 39.5 Å². The predicted molar refractivity (Wildman–Crippen MR) is 62.4 cm³/mol. The Labute approximate surface area is 147 Å². The maximum absolute atomic E-state index is 11.0. The van der Waals surface area contributed by atoms with Gasteiger partial charge < -0.3 is 11.6 Å². The molecule has 96 valence electrons.